The van der Waals surface area contributed by atoms with E-state index in [1.807, 2.05) is 98.8 Å². The number of anilines is 2. The van der Waals surface area contributed by atoms with Crippen LogP contribution in [0.15, 0.2) is 102 Å². The zero-order valence-electron chi connectivity index (χ0n) is 20.7. The van der Waals surface area contributed by atoms with Crippen molar-refractivity contribution in [1.29, 1.82) is 0 Å². The summed E-state index contributed by atoms with van der Waals surface area (Å²) in [4.78, 5) is 37.9. The average molecular weight is 490 g/mol. The van der Waals surface area contributed by atoms with E-state index >= 15 is 0 Å². The molecule has 4 aromatic rings. The van der Waals surface area contributed by atoms with E-state index in [4.69, 9.17) is 4.99 Å². The second-order valence-electron chi connectivity index (χ2n) is 8.98. The van der Waals surface area contributed by atoms with Crippen molar-refractivity contribution in [3.8, 4) is 0 Å². The fraction of sp³-hybridized carbons (Fsp3) is 0.133. The number of urea groups is 1. The number of amides is 3. The van der Waals surface area contributed by atoms with Crippen molar-refractivity contribution < 1.29 is 9.59 Å². The molecular formula is C30H27N5O2. The van der Waals surface area contributed by atoms with E-state index in [0.29, 0.717) is 17.1 Å². The van der Waals surface area contributed by atoms with Crippen LogP contribution in [0.3, 0.4) is 0 Å². The Morgan fingerprint density at radius 3 is 2.43 bits per heavy atom. The van der Waals surface area contributed by atoms with Crippen molar-refractivity contribution in [3.63, 3.8) is 0 Å². The average Bonchev–Trinajstić information content (AvgIpc) is 3.00. The molecule has 3 amide bonds. The number of nitrogens with zero attached hydrogens (tertiary/aromatic N) is 3. The molecule has 2 heterocycles. The molecule has 2 N–H and O–H groups in total. The molecule has 1 aliphatic rings. The van der Waals surface area contributed by atoms with Gasteiger partial charge in [0.2, 0.25) is 6.17 Å². The van der Waals surface area contributed by atoms with E-state index in [1.165, 1.54) is 0 Å². The molecule has 0 fully saturated rings. The number of para-hydroxylation sites is 1. The molecular weight excluding hydrogens is 462 g/mol. The van der Waals surface area contributed by atoms with Crippen molar-refractivity contribution in [2.75, 3.05) is 10.2 Å². The Morgan fingerprint density at radius 2 is 1.65 bits per heavy atom. The smallest absolute Gasteiger partial charge is 0.308 e. The first-order valence-electron chi connectivity index (χ1n) is 12.1. The molecule has 0 unspecified atom stereocenters. The van der Waals surface area contributed by atoms with Crippen molar-refractivity contribution >= 4 is 29.0 Å². The molecule has 0 bridgehead atoms. The van der Waals surface area contributed by atoms with Crippen LogP contribution >= 0.6 is 0 Å². The molecule has 7 heteroatoms. The van der Waals surface area contributed by atoms with Crippen molar-refractivity contribution in [3.05, 3.63) is 125 Å². The van der Waals surface area contributed by atoms with Gasteiger partial charge in [-0.05, 0) is 55.3 Å². The molecule has 0 spiro atoms. The number of hydrogen-bond acceptors (Lipinski definition) is 4. The molecule has 7 nitrogen and oxygen atoms in total. The van der Waals surface area contributed by atoms with Crippen LogP contribution in [0.1, 0.15) is 27.9 Å². The first kappa shape index (κ1) is 23.9. The Balaban J connectivity index is 1.55. The summed E-state index contributed by atoms with van der Waals surface area (Å²) in [6.07, 6.45) is 0.590. The molecule has 0 radical (unpaired) electrons. The highest BCUT2D eigenvalue weighted by atomic mass is 16.2. The Morgan fingerprint density at radius 1 is 0.892 bits per heavy atom. The van der Waals surface area contributed by atoms with Crippen LogP contribution in [0.4, 0.5) is 16.2 Å². The Kier molecular flexibility index (Phi) is 6.76. The van der Waals surface area contributed by atoms with Crippen LogP contribution in [0.5, 0.6) is 0 Å². The van der Waals surface area contributed by atoms with Gasteiger partial charge in [0.1, 0.15) is 0 Å². The van der Waals surface area contributed by atoms with Gasteiger partial charge in [0.05, 0.1) is 23.6 Å². The predicted molar refractivity (Wildman–Crippen MR) is 146 cm³/mol. The topological polar surface area (TPSA) is 86.7 Å². The Bertz CT molecular complexity index is 1480. The third-order valence-electron chi connectivity index (χ3n) is 6.09. The molecule has 1 aliphatic heterocycles. The first-order chi connectivity index (χ1) is 18.0. The monoisotopic (exact) mass is 489 g/mol. The Labute approximate surface area is 215 Å². The van der Waals surface area contributed by atoms with Gasteiger partial charge in [-0.25, -0.2) is 9.79 Å². The van der Waals surface area contributed by atoms with Crippen LogP contribution in [0, 0.1) is 13.8 Å². The number of benzodiazepines with no additional fused rings is 1. The number of carbonyl (C=O) groups is 2. The number of benzene rings is 3. The van der Waals surface area contributed by atoms with E-state index in [-0.39, 0.29) is 12.5 Å². The fourth-order valence-electron chi connectivity index (χ4n) is 4.37. The highest BCUT2D eigenvalue weighted by Gasteiger charge is 2.33. The van der Waals surface area contributed by atoms with E-state index < -0.39 is 12.2 Å². The third kappa shape index (κ3) is 5.41. The number of nitrogens with one attached hydrogen (secondary N) is 2. The second-order valence-corrected chi connectivity index (χ2v) is 8.98. The van der Waals surface area contributed by atoms with Gasteiger partial charge in [-0.3, -0.25) is 9.78 Å². The maximum Gasteiger partial charge on any atom is 0.321 e. The summed E-state index contributed by atoms with van der Waals surface area (Å²) in [5.74, 6) is -0.346. The van der Waals surface area contributed by atoms with E-state index in [0.717, 1.165) is 27.9 Å². The number of hydrogen-bond donors (Lipinski definition) is 2. The van der Waals surface area contributed by atoms with Crippen LogP contribution < -0.4 is 15.5 Å². The summed E-state index contributed by atoms with van der Waals surface area (Å²) >= 11 is 0. The van der Waals surface area contributed by atoms with Crippen LogP contribution in [0.25, 0.3) is 0 Å². The highest BCUT2D eigenvalue weighted by molar-refractivity contribution is 6.20. The molecule has 3 aromatic carbocycles. The number of aliphatic imine (C=N–C) groups is 1. The number of pyridine rings is 1. The lowest BCUT2D eigenvalue weighted by molar-refractivity contribution is -0.120. The number of aromatic nitrogens is 1. The predicted octanol–water partition coefficient (Wildman–Crippen LogP) is 5.23. The molecule has 0 saturated heterocycles. The summed E-state index contributed by atoms with van der Waals surface area (Å²) in [6, 6.07) is 28.1. The van der Waals surface area contributed by atoms with Gasteiger partial charge in [-0.2, -0.15) is 0 Å². The first-order valence-corrected chi connectivity index (χ1v) is 12.1. The second kappa shape index (κ2) is 10.5. The maximum absolute atomic E-state index is 14.0. The van der Waals surface area contributed by atoms with Crippen LogP contribution in [-0.4, -0.2) is 28.8 Å². The highest BCUT2D eigenvalue weighted by Crippen LogP contribution is 2.29. The molecule has 5 rings (SSSR count). The molecule has 1 atom stereocenters. The van der Waals surface area contributed by atoms with Crippen molar-refractivity contribution in [2.24, 2.45) is 4.99 Å². The number of aryl methyl sites for hydroxylation is 2. The quantitative estimate of drug-likeness (QED) is 0.402. The zero-order valence-corrected chi connectivity index (χ0v) is 20.7. The van der Waals surface area contributed by atoms with Gasteiger partial charge < -0.3 is 15.5 Å². The minimum atomic E-state index is -1.14. The minimum absolute atomic E-state index is 0.243. The van der Waals surface area contributed by atoms with E-state index in [2.05, 4.69) is 15.6 Å². The van der Waals surface area contributed by atoms with Gasteiger partial charge in [0.25, 0.3) is 5.91 Å². The number of carbonyl (C=O) groups excluding carboxylic acids is 2. The molecule has 184 valence electrons. The Hall–Kier alpha value is -4.78. The summed E-state index contributed by atoms with van der Waals surface area (Å²) in [6.45, 7) is 4.18. The lowest BCUT2D eigenvalue weighted by Crippen LogP contribution is -2.48. The summed E-state index contributed by atoms with van der Waals surface area (Å²) in [5, 5.41) is 5.61. The number of rotatable bonds is 5. The van der Waals surface area contributed by atoms with E-state index in [1.54, 1.807) is 17.2 Å². The van der Waals surface area contributed by atoms with Crippen molar-refractivity contribution in [1.82, 2.24) is 10.3 Å². The van der Waals surface area contributed by atoms with Gasteiger partial charge in [0, 0.05) is 23.0 Å². The fourth-order valence-corrected chi connectivity index (χ4v) is 4.37. The summed E-state index contributed by atoms with van der Waals surface area (Å²) in [7, 11) is 0. The van der Waals surface area contributed by atoms with Gasteiger partial charge in [-0.15, -0.1) is 0 Å². The lowest BCUT2D eigenvalue weighted by Gasteiger charge is -2.25. The van der Waals surface area contributed by atoms with Crippen molar-refractivity contribution in [2.45, 2.75) is 26.6 Å². The third-order valence-corrected chi connectivity index (χ3v) is 6.09. The van der Waals surface area contributed by atoms with Crippen LogP contribution in [-0.2, 0) is 11.3 Å². The molecule has 0 aliphatic carbocycles. The normalized spacial score (nSPS) is 14.9. The standard InChI is InChI=1S/C30H27N5O2/c1-20-9-8-12-23(17-20)32-30(37)34-28-29(36)35(19-24-18-21(2)15-16-31-24)26-14-7-6-13-25(26)27(33-28)22-10-4-3-5-11-22/h3-18,28H,19H2,1-2H3,(H2,32,34,37)/t28-/m0/s1. The number of fused-ring (bicyclic) bond motifs is 1. The molecule has 1 aromatic heterocycles. The molecule has 0 saturated carbocycles. The SMILES string of the molecule is Cc1cccc(NC(=O)N[C@@H]2N=C(c3ccccc3)c3ccccc3N(Cc3cc(C)ccn3)C2=O)c1. The van der Waals surface area contributed by atoms with Gasteiger partial charge in [-0.1, -0.05) is 60.7 Å². The van der Waals surface area contributed by atoms with Gasteiger partial charge in [0.15, 0.2) is 0 Å². The lowest BCUT2D eigenvalue weighted by atomic mass is 10.00. The molecule has 37 heavy (non-hydrogen) atoms. The summed E-state index contributed by atoms with van der Waals surface area (Å²) < 4.78 is 0. The summed E-state index contributed by atoms with van der Waals surface area (Å²) in [5.41, 5.74) is 6.44. The van der Waals surface area contributed by atoms with E-state index in [9.17, 15) is 9.59 Å². The zero-order chi connectivity index (χ0) is 25.8. The maximum atomic E-state index is 14.0. The van der Waals surface area contributed by atoms with Crippen LogP contribution in [0.2, 0.25) is 0 Å². The largest absolute Gasteiger partial charge is 0.321 e. The van der Waals surface area contributed by atoms with Gasteiger partial charge >= 0.3 is 6.03 Å². The minimum Gasteiger partial charge on any atom is -0.308 e.